The van der Waals surface area contributed by atoms with E-state index in [1.165, 1.54) is 0 Å². The highest BCUT2D eigenvalue weighted by Gasteiger charge is 2.05. The monoisotopic (exact) mass is 224 g/mol. The number of ether oxygens (including phenoxy) is 2. The molecule has 0 fully saturated rings. The van der Waals surface area contributed by atoms with E-state index in [0.29, 0.717) is 18.3 Å². The van der Waals surface area contributed by atoms with Crippen LogP contribution in [0.2, 0.25) is 0 Å². The van der Waals surface area contributed by atoms with Gasteiger partial charge in [0.15, 0.2) is 6.29 Å². The summed E-state index contributed by atoms with van der Waals surface area (Å²) >= 11 is 0. The molecule has 0 heterocycles. The molecule has 1 rings (SSSR count). The molecule has 3 heteroatoms. The van der Waals surface area contributed by atoms with E-state index in [0.717, 1.165) is 12.2 Å². The quantitative estimate of drug-likeness (QED) is 0.755. The van der Waals surface area contributed by atoms with E-state index in [-0.39, 0.29) is 0 Å². The Labute approximate surface area is 97.0 Å². The molecule has 16 heavy (non-hydrogen) atoms. The fourth-order valence-corrected chi connectivity index (χ4v) is 1.33. The first-order chi connectivity index (χ1) is 7.59. The molecule has 1 N–H and O–H groups in total. The van der Waals surface area contributed by atoms with Gasteiger partial charge in [-0.05, 0) is 18.9 Å². The van der Waals surface area contributed by atoms with E-state index < -0.39 is 6.29 Å². The second-order valence-electron chi connectivity index (χ2n) is 4.23. The molecular weight excluding hydrogens is 204 g/mol. The van der Waals surface area contributed by atoms with E-state index >= 15 is 0 Å². The summed E-state index contributed by atoms with van der Waals surface area (Å²) in [5.41, 5.74) is 0.962. The van der Waals surface area contributed by atoms with E-state index in [4.69, 9.17) is 9.47 Å². The molecule has 0 aromatic heterocycles. The van der Waals surface area contributed by atoms with Crippen LogP contribution in [0.25, 0.3) is 0 Å². The lowest BCUT2D eigenvalue weighted by Gasteiger charge is -2.14. The number of aliphatic hydroxyl groups excluding tert-OH is 1. The van der Waals surface area contributed by atoms with E-state index in [2.05, 4.69) is 13.8 Å². The van der Waals surface area contributed by atoms with Gasteiger partial charge in [-0.1, -0.05) is 32.0 Å². The standard InChI is InChI=1S/C13H20O3/c1-10(2)8-15-9-12-6-4-5-7-13(12)16-11(3)14/h4-7,10-11,14H,8-9H2,1-3H3. The number of rotatable bonds is 6. The fourth-order valence-electron chi connectivity index (χ4n) is 1.33. The molecule has 1 aromatic carbocycles. The van der Waals surface area contributed by atoms with Crippen LogP contribution in [0.4, 0.5) is 0 Å². The number of benzene rings is 1. The Morgan fingerprint density at radius 1 is 1.19 bits per heavy atom. The first-order valence-electron chi connectivity index (χ1n) is 5.60. The second-order valence-corrected chi connectivity index (χ2v) is 4.23. The molecule has 0 saturated carbocycles. The summed E-state index contributed by atoms with van der Waals surface area (Å²) < 4.78 is 10.8. The summed E-state index contributed by atoms with van der Waals surface area (Å²) in [4.78, 5) is 0. The third-order valence-electron chi connectivity index (χ3n) is 1.98. The smallest absolute Gasteiger partial charge is 0.194 e. The molecular formula is C13H20O3. The van der Waals surface area contributed by atoms with Gasteiger partial charge < -0.3 is 14.6 Å². The predicted molar refractivity (Wildman–Crippen MR) is 63.2 cm³/mol. The normalized spacial score (nSPS) is 12.8. The average Bonchev–Trinajstić information content (AvgIpc) is 2.19. The highest BCUT2D eigenvalue weighted by atomic mass is 16.6. The Kier molecular flexibility index (Phi) is 5.29. The fraction of sp³-hybridized carbons (Fsp3) is 0.538. The van der Waals surface area contributed by atoms with E-state index in [9.17, 15) is 5.11 Å². The third-order valence-corrected chi connectivity index (χ3v) is 1.98. The molecule has 3 nitrogen and oxygen atoms in total. The molecule has 0 bridgehead atoms. The Morgan fingerprint density at radius 3 is 2.50 bits per heavy atom. The molecule has 0 saturated heterocycles. The maximum absolute atomic E-state index is 9.18. The van der Waals surface area contributed by atoms with Gasteiger partial charge in [-0.25, -0.2) is 0 Å². The van der Waals surface area contributed by atoms with Crippen molar-refractivity contribution in [2.24, 2.45) is 5.92 Å². The molecule has 0 spiro atoms. The zero-order chi connectivity index (χ0) is 12.0. The summed E-state index contributed by atoms with van der Waals surface area (Å²) in [6.45, 7) is 7.05. The van der Waals surface area contributed by atoms with Gasteiger partial charge in [0.05, 0.1) is 6.61 Å². The molecule has 0 radical (unpaired) electrons. The molecule has 0 amide bonds. The minimum absolute atomic E-state index is 0.515. The van der Waals surface area contributed by atoms with Gasteiger partial charge in [0.25, 0.3) is 0 Å². The van der Waals surface area contributed by atoms with Crippen molar-refractivity contribution < 1.29 is 14.6 Å². The summed E-state index contributed by atoms with van der Waals surface area (Å²) in [7, 11) is 0. The highest BCUT2D eigenvalue weighted by molar-refractivity contribution is 5.32. The van der Waals surface area contributed by atoms with Crippen LogP contribution in [-0.4, -0.2) is 18.0 Å². The van der Waals surface area contributed by atoms with Crippen LogP contribution in [0.1, 0.15) is 26.3 Å². The first-order valence-corrected chi connectivity index (χ1v) is 5.60. The van der Waals surface area contributed by atoms with Crippen LogP contribution in [-0.2, 0) is 11.3 Å². The zero-order valence-corrected chi connectivity index (χ0v) is 10.1. The van der Waals surface area contributed by atoms with Crippen molar-refractivity contribution in [3.8, 4) is 5.75 Å². The third kappa shape index (κ3) is 4.64. The van der Waals surface area contributed by atoms with Crippen molar-refractivity contribution in [3.05, 3.63) is 29.8 Å². The van der Waals surface area contributed by atoms with Crippen LogP contribution in [0.3, 0.4) is 0 Å². The Balaban J connectivity index is 2.56. The lowest BCUT2D eigenvalue weighted by Crippen LogP contribution is -2.11. The zero-order valence-electron chi connectivity index (χ0n) is 10.1. The SMILES string of the molecule is CC(C)COCc1ccccc1OC(C)O. The minimum atomic E-state index is -0.800. The van der Waals surface area contributed by atoms with Crippen molar-refractivity contribution >= 4 is 0 Å². The Hall–Kier alpha value is -1.06. The maximum atomic E-state index is 9.18. The average molecular weight is 224 g/mol. The van der Waals surface area contributed by atoms with Crippen LogP contribution < -0.4 is 4.74 Å². The van der Waals surface area contributed by atoms with Crippen molar-refractivity contribution in [1.29, 1.82) is 0 Å². The van der Waals surface area contributed by atoms with Gasteiger partial charge in [0.1, 0.15) is 5.75 Å². The van der Waals surface area contributed by atoms with Crippen LogP contribution >= 0.6 is 0 Å². The van der Waals surface area contributed by atoms with Gasteiger partial charge >= 0.3 is 0 Å². The number of hydrogen-bond acceptors (Lipinski definition) is 3. The van der Waals surface area contributed by atoms with Crippen molar-refractivity contribution in [3.63, 3.8) is 0 Å². The van der Waals surface area contributed by atoms with Gasteiger partial charge in [-0.3, -0.25) is 0 Å². The van der Waals surface area contributed by atoms with Crippen molar-refractivity contribution in [2.45, 2.75) is 33.7 Å². The number of para-hydroxylation sites is 1. The predicted octanol–water partition coefficient (Wildman–Crippen LogP) is 2.58. The Bertz CT molecular complexity index is 308. The second kappa shape index (κ2) is 6.51. The van der Waals surface area contributed by atoms with Gasteiger partial charge in [-0.15, -0.1) is 0 Å². The molecule has 1 aromatic rings. The first kappa shape index (κ1) is 13.0. The topological polar surface area (TPSA) is 38.7 Å². The van der Waals surface area contributed by atoms with E-state index in [1.54, 1.807) is 6.92 Å². The van der Waals surface area contributed by atoms with Crippen LogP contribution in [0.15, 0.2) is 24.3 Å². The summed E-state index contributed by atoms with van der Waals surface area (Å²) in [5.74, 6) is 1.20. The molecule has 0 aliphatic carbocycles. The lowest BCUT2D eigenvalue weighted by molar-refractivity contribution is -0.00290. The number of hydrogen-bond donors (Lipinski definition) is 1. The molecule has 0 aliphatic heterocycles. The summed E-state index contributed by atoms with van der Waals surface area (Å²) in [5, 5.41) is 9.18. The van der Waals surface area contributed by atoms with Gasteiger partial charge in [0, 0.05) is 12.2 Å². The van der Waals surface area contributed by atoms with Crippen LogP contribution in [0.5, 0.6) is 5.75 Å². The summed E-state index contributed by atoms with van der Waals surface area (Å²) in [6.07, 6.45) is -0.800. The van der Waals surface area contributed by atoms with E-state index in [1.807, 2.05) is 24.3 Å². The van der Waals surface area contributed by atoms with Gasteiger partial charge in [0.2, 0.25) is 0 Å². The summed E-state index contributed by atoms with van der Waals surface area (Å²) in [6, 6.07) is 7.59. The largest absolute Gasteiger partial charge is 0.465 e. The molecule has 90 valence electrons. The molecule has 0 aliphatic rings. The highest BCUT2D eigenvalue weighted by Crippen LogP contribution is 2.20. The maximum Gasteiger partial charge on any atom is 0.194 e. The van der Waals surface area contributed by atoms with Crippen LogP contribution in [0, 0.1) is 5.92 Å². The molecule has 1 unspecified atom stereocenters. The van der Waals surface area contributed by atoms with Crippen molar-refractivity contribution in [1.82, 2.24) is 0 Å². The molecule has 1 atom stereocenters. The van der Waals surface area contributed by atoms with Gasteiger partial charge in [-0.2, -0.15) is 0 Å². The number of aliphatic hydroxyl groups is 1. The Morgan fingerprint density at radius 2 is 1.88 bits per heavy atom. The lowest BCUT2D eigenvalue weighted by atomic mass is 10.2. The van der Waals surface area contributed by atoms with Crippen molar-refractivity contribution in [2.75, 3.05) is 6.61 Å². The minimum Gasteiger partial charge on any atom is -0.465 e.